The molecule has 1 fully saturated rings. The lowest BCUT2D eigenvalue weighted by Gasteiger charge is -2.35. The van der Waals surface area contributed by atoms with E-state index in [9.17, 15) is 13.2 Å². The smallest absolute Gasteiger partial charge is 0.240 e. The van der Waals surface area contributed by atoms with E-state index in [-0.39, 0.29) is 36.0 Å². The summed E-state index contributed by atoms with van der Waals surface area (Å²) in [6, 6.07) is 6.09. The molecule has 0 saturated carbocycles. The molecule has 1 aliphatic heterocycles. The summed E-state index contributed by atoms with van der Waals surface area (Å²) in [4.78, 5) is 14.1. The van der Waals surface area contributed by atoms with Crippen LogP contribution in [0.25, 0.3) is 0 Å². The van der Waals surface area contributed by atoms with Gasteiger partial charge < -0.3 is 14.4 Å². The highest BCUT2D eigenvalue weighted by atomic mass is 32.2. The van der Waals surface area contributed by atoms with E-state index in [1.54, 1.807) is 17.0 Å². The Balaban J connectivity index is 1.86. The van der Waals surface area contributed by atoms with Crippen LogP contribution >= 0.6 is 0 Å². The van der Waals surface area contributed by atoms with Crippen LogP contribution in [0.5, 0.6) is 5.75 Å². The van der Waals surface area contributed by atoms with Gasteiger partial charge in [0.05, 0.1) is 24.2 Å². The number of carbonyl (C=O) groups excluding carboxylic acids is 1. The molecular weight excluding hydrogens is 332 g/mol. The van der Waals surface area contributed by atoms with Crippen molar-refractivity contribution in [3.05, 3.63) is 24.3 Å². The van der Waals surface area contributed by atoms with Crippen molar-refractivity contribution in [2.24, 2.45) is 0 Å². The van der Waals surface area contributed by atoms with Gasteiger partial charge in [-0.15, -0.1) is 0 Å². The Morgan fingerprint density at radius 1 is 1.25 bits per heavy atom. The molecule has 7 nitrogen and oxygen atoms in total. The zero-order valence-corrected chi connectivity index (χ0v) is 15.0. The highest BCUT2D eigenvalue weighted by Gasteiger charge is 2.25. The molecule has 134 valence electrons. The molecule has 0 bridgehead atoms. The van der Waals surface area contributed by atoms with Crippen LogP contribution in [0.4, 0.5) is 0 Å². The lowest BCUT2D eigenvalue weighted by molar-refractivity contribution is -0.143. The van der Waals surface area contributed by atoms with Crippen LogP contribution < -0.4 is 9.46 Å². The van der Waals surface area contributed by atoms with Crippen molar-refractivity contribution < 1.29 is 22.7 Å². The molecule has 0 aliphatic carbocycles. The topological polar surface area (TPSA) is 84.9 Å². The molecule has 1 amide bonds. The normalized spacial score (nSPS) is 21.5. The molecule has 1 saturated heterocycles. The largest absolute Gasteiger partial charge is 0.497 e. The SMILES string of the molecule is COc1ccc(S(=O)(=O)NCCC(=O)N2C[C@H](C)O[C@@H](C)C2)cc1. The Bertz CT molecular complexity index is 650. The molecule has 2 rings (SSSR count). The number of hydrogen-bond acceptors (Lipinski definition) is 5. The molecule has 24 heavy (non-hydrogen) atoms. The Morgan fingerprint density at radius 3 is 2.38 bits per heavy atom. The fourth-order valence-electron chi connectivity index (χ4n) is 2.67. The average molecular weight is 356 g/mol. The van der Waals surface area contributed by atoms with Gasteiger partial charge in [0.25, 0.3) is 0 Å². The molecule has 8 heteroatoms. The molecule has 2 atom stereocenters. The number of benzene rings is 1. The van der Waals surface area contributed by atoms with Crippen LogP contribution in [-0.4, -0.2) is 58.2 Å². The average Bonchev–Trinajstić information content (AvgIpc) is 2.53. The minimum absolute atomic E-state index is 0.00584. The summed E-state index contributed by atoms with van der Waals surface area (Å²) in [6.45, 7) is 4.97. The van der Waals surface area contributed by atoms with E-state index in [0.29, 0.717) is 18.8 Å². The maximum Gasteiger partial charge on any atom is 0.240 e. The monoisotopic (exact) mass is 356 g/mol. The number of methoxy groups -OCH3 is 1. The molecule has 0 unspecified atom stereocenters. The third kappa shape index (κ3) is 4.93. The molecule has 0 spiro atoms. The number of hydrogen-bond donors (Lipinski definition) is 1. The second-order valence-electron chi connectivity index (χ2n) is 5.88. The van der Waals surface area contributed by atoms with Crippen LogP contribution in [0.2, 0.25) is 0 Å². The molecule has 1 aromatic carbocycles. The first-order chi connectivity index (χ1) is 11.3. The Labute approximate surface area is 143 Å². The van der Waals surface area contributed by atoms with Crippen molar-refractivity contribution in [2.45, 2.75) is 37.4 Å². The first-order valence-electron chi connectivity index (χ1n) is 7.89. The first-order valence-corrected chi connectivity index (χ1v) is 9.37. The zero-order chi connectivity index (χ0) is 17.7. The van der Waals surface area contributed by atoms with Gasteiger partial charge in [0.1, 0.15) is 5.75 Å². The van der Waals surface area contributed by atoms with E-state index in [1.165, 1.54) is 19.2 Å². The van der Waals surface area contributed by atoms with Gasteiger partial charge in [-0.05, 0) is 38.1 Å². The van der Waals surface area contributed by atoms with Crippen molar-refractivity contribution in [3.63, 3.8) is 0 Å². The van der Waals surface area contributed by atoms with Gasteiger partial charge >= 0.3 is 0 Å². The van der Waals surface area contributed by atoms with Crippen molar-refractivity contribution in [2.75, 3.05) is 26.7 Å². The van der Waals surface area contributed by atoms with E-state index >= 15 is 0 Å². The number of morpholine rings is 1. The van der Waals surface area contributed by atoms with E-state index < -0.39 is 10.0 Å². The summed E-state index contributed by atoms with van der Waals surface area (Å²) in [5.41, 5.74) is 0. The molecule has 1 N–H and O–H groups in total. The van der Waals surface area contributed by atoms with Crippen LogP contribution in [0, 0.1) is 0 Å². The first kappa shape index (κ1) is 18.7. The van der Waals surface area contributed by atoms with Crippen LogP contribution in [-0.2, 0) is 19.6 Å². The van der Waals surface area contributed by atoms with Gasteiger partial charge in [-0.2, -0.15) is 0 Å². The van der Waals surface area contributed by atoms with Crippen molar-refractivity contribution >= 4 is 15.9 Å². The standard InChI is InChI=1S/C16H24N2O5S/c1-12-10-18(11-13(2)23-12)16(19)8-9-17-24(20,21)15-6-4-14(22-3)5-7-15/h4-7,12-13,17H,8-11H2,1-3H3/t12-,13-/m0/s1. The van der Waals surface area contributed by atoms with E-state index in [4.69, 9.17) is 9.47 Å². The summed E-state index contributed by atoms with van der Waals surface area (Å²) >= 11 is 0. The molecule has 1 aromatic rings. The number of rotatable bonds is 6. The van der Waals surface area contributed by atoms with Crippen LogP contribution in [0.15, 0.2) is 29.2 Å². The fourth-order valence-corrected chi connectivity index (χ4v) is 3.70. The number of sulfonamides is 1. The van der Waals surface area contributed by atoms with Crippen LogP contribution in [0.1, 0.15) is 20.3 Å². The fraction of sp³-hybridized carbons (Fsp3) is 0.562. The highest BCUT2D eigenvalue weighted by Crippen LogP contribution is 2.15. The summed E-state index contributed by atoms with van der Waals surface area (Å²) < 4.78 is 37.4. The third-order valence-electron chi connectivity index (χ3n) is 3.77. The predicted octanol–water partition coefficient (Wildman–Crippen LogP) is 0.999. The van der Waals surface area contributed by atoms with Gasteiger partial charge in [-0.3, -0.25) is 4.79 Å². The molecule has 1 aliphatic rings. The van der Waals surface area contributed by atoms with Gasteiger partial charge in [-0.25, -0.2) is 13.1 Å². The number of ether oxygens (including phenoxy) is 2. The number of amides is 1. The Morgan fingerprint density at radius 2 is 1.83 bits per heavy atom. The van der Waals surface area contributed by atoms with Crippen LogP contribution in [0.3, 0.4) is 0 Å². The summed E-state index contributed by atoms with van der Waals surface area (Å²) in [5, 5.41) is 0. The van der Waals surface area contributed by atoms with Gasteiger partial charge in [0.15, 0.2) is 0 Å². The van der Waals surface area contributed by atoms with Crippen molar-refractivity contribution in [3.8, 4) is 5.75 Å². The zero-order valence-electron chi connectivity index (χ0n) is 14.2. The third-order valence-corrected chi connectivity index (χ3v) is 5.25. The minimum Gasteiger partial charge on any atom is -0.497 e. The highest BCUT2D eigenvalue weighted by molar-refractivity contribution is 7.89. The number of carbonyl (C=O) groups is 1. The summed E-state index contributed by atoms with van der Waals surface area (Å²) in [6.07, 6.45) is 0.108. The van der Waals surface area contributed by atoms with E-state index in [1.807, 2.05) is 13.8 Å². The van der Waals surface area contributed by atoms with E-state index in [2.05, 4.69) is 4.72 Å². The Kier molecular flexibility index (Phi) is 6.20. The number of nitrogens with zero attached hydrogens (tertiary/aromatic N) is 1. The maximum atomic E-state index is 12.2. The van der Waals surface area contributed by atoms with Gasteiger partial charge in [0, 0.05) is 26.1 Å². The molecule has 0 aromatic heterocycles. The predicted molar refractivity (Wildman–Crippen MR) is 89.4 cm³/mol. The molecule has 0 radical (unpaired) electrons. The minimum atomic E-state index is -3.63. The second kappa shape index (κ2) is 7.96. The maximum absolute atomic E-state index is 12.2. The van der Waals surface area contributed by atoms with E-state index in [0.717, 1.165) is 0 Å². The van der Waals surface area contributed by atoms with Crippen molar-refractivity contribution in [1.29, 1.82) is 0 Å². The lowest BCUT2D eigenvalue weighted by Crippen LogP contribution is -2.48. The summed E-state index contributed by atoms with van der Waals surface area (Å²) in [5.74, 6) is 0.508. The second-order valence-corrected chi connectivity index (χ2v) is 7.65. The summed E-state index contributed by atoms with van der Waals surface area (Å²) in [7, 11) is -2.12. The van der Waals surface area contributed by atoms with Gasteiger partial charge in [0.2, 0.25) is 15.9 Å². The molecule has 1 heterocycles. The quantitative estimate of drug-likeness (QED) is 0.822. The van der Waals surface area contributed by atoms with Crippen molar-refractivity contribution in [1.82, 2.24) is 9.62 Å². The molecular formula is C16H24N2O5S. The Hall–Kier alpha value is -1.64. The van der Waals surface area contributed by atoms with Gasteiger partial charge in [-0.1, -0.05) is 0 Å². The lowest BCUT2D eigenvalue weighted by atomic mass is 10.2. The number of nitrogens with one attached hydrogen (secondary N) is 1.